The molecule has 18 heavy (non-hydrogen) atoms. The van der Waals surface area contributed by atoms with Crippen molar-refractivity contribution < 1.29 is 4.74 Å². The number of hydrogen-bond donors (Lipinski definition) is 0. The van der Waals surface area contributed by atoms with Gasteiger partial charge < -0.3 is 9.64 Å². The lowest BCUT2D eigenvalue weighted by molar-refractivity contribution is 0.154. The second-order valence-corrected chi connectivity index (χ2v) is 4.97. The number of hydrogen-bond acceptors (Lipinski definition) is 5. The number of likely N-dealkylation sites (N-methyl/N-ethyl adjacent to an activating group) is 1. The van der Waals surface area contributed by atoms with Crippen molar-refractivity contribution in [3.8, 4) is 0 Å². The molecule has 5 heteroatoms. The summed E-state index contributed by atoms with van der Waals surface area (Å²) in [5.41, 5.74) is 0. The Labute approximate surface area is 112 Å². The third-order valence-corrected chi connectivity index (χ3v) is 3.61. The highest BCUT2D eigenvalue weighted by Gasteiger charge is 2.11. The fraction of sp³-hybridized carbons (Fsp3) is 0.538. The second-order valence-electron chi connectivity index (χ2n) is 4.07. The van der Waals surface area contributed by atoms with Gasteiger partial charge in [0.15, 0.2) is 0 Å². The molecule has 98 valence electrons. The Hall–Kier alpha value is -1.20. The average Bonchev–Trinajstić information content (AvgIpc) is 2.85. The summed E-state index contributed by atoms with van der Waals surface area (Å²) in [6, 6.07) is 2.09. The van der Waals surface area contributed by atoms with Crippen LogP contribution in [0.4, 0.5) is 5.82 Å². The van der Waals surface area contributed by atoms with Crippen LogP contribution in [0.15, 0.2) is 11.4 Å². The Morgan fingerprint density at radius 1 is 1.33 bits per heavy atom. The molecule has 0 aliphatic heterocycles. The maximum atomic E-state index is 5.39. The molecule has 0 atom stereocenters. The van der Waals surface area contributed by atoms with E-state index in [1.165, 1.54) is 0 Å². The van der Waals surface area contributed by atoms with Gasteiger partial charge in [-0.2, -0.15) is 0 Å². The van der Waals surface area contributed by atoms with Crippen LogP contribution in [0.2, 0.25) is 0 Å². The van der Waals surface area contributed by atoms with Gasteiger partial charge in [0.25, 0.3) is 0 Å². The predicted molar refractivity (Wildman–Crippen MR) is 76.6 cm³/mol. The third kappa shape index (κ3) is 2.79. The zero-order valence-corrected chi connectivity index (χ0v) is 12.0. The van der Waals surface area contributed by atoms with E-state index in [0.29, 0.717) is 0 Å². The van der Waals surface area contributed by atoms with Crippen molar-refractivity contribution in [1.82, 2.24) is 9.97 Å². The first kappa shape index (κ1) is 13.2. The van der Waals surface area contributed by atoms with Crippen LogP contribution in [-0.2, 0) is 11.2 Å². The molecule has 0 bridgehead atoms. The highest BCUT2D eigenvalue weighted by molar-refractivity contribution is 7.16. The Morgan fingerprint density at radius 3 is 2.89 bits per heavy atom. The lowest BCUT2D eigenvalue weighted by Crippen LogP contribution is -2.24. The standard InChI is InChI=1S/C13H19N3OS/c1-4-11-14-12(16(3)7-8-17-5-2)10-6-9-18-13(10)15-11/h6,9H,4-5,7-8H2,1-3H3. The average molecular weight is 265 g/mol. The maximum Gasteiger partial charge on any atom is 0.140 e. The lowest BCUT2D eigenvalue weighted by Gasteiger charge is -2.19. The van der Waals surface area contributed by atoms with E-state index in [9.17, 15) is 0 Å². The maximum absolute atomic E-state index is 5.39. The minimum atomic E-state index is 0.726. The van der Waals surface area contributed by atoms with Gasteiger partial charge in [-0.25, -0.2) is 9.97 Å². The van der Waals surface area contributed by atoms with Crippen molar-refractivity contribution in [3.63, 3.8) is 0 Å². The largest absolute Gasteiger partial charge is 0.380 e. The summed E-state index contributed by atoms with van der Waals surface area (Å²) in [4.78, 5) is 12.4. The van der Waals surface area contributed by atoms with Crippen LogP contribution in [0.3, 0.4) is 0 Å². The number of nitrogens with zero attached hydrogens (tertiary/aromatic N) is 3. The molecule has 0 saturated carbocycles. The molecule has 0 unspecified atom stereocenters. The van der Waals surface area contributed by atoms with E-state index >= 15 is 0 Å². The SMILES string of the molecule is CCOCCN(C)c1nc(CC)nc2sccc12. The highest BCUT2D eigenvalue weighted by Crippen LogP contribution is 2.27. The number of fused-ring (bicyclic) bond motifs is 1. The molecular weight excluding hydrogens is 246 g/mol. The van der Waals surface area contributed by atoms with Gasteiger partial charge in [0.1, 0.15) is 16.5 Å². The van der Waals surface area contributed by atoms with Crippen LogP contribution < -0.4 is 4.90 Å². The van der Waals surface area contributed by atoms with Crippen LogP contribution >= 0.6 is 11.3 Å². The quantitative estimate of drug-likeness (QED) is 0.753. The summed E-state index contributed by atoms with van der Waals surface area (Å²) in [5, 5.41) is 3.20. The summed E-state index contributed by atoms with van der Waals surface area (Å²) in [7, 11) is 2.05. The molecule has 0 radical (unpaired) electrons. The molecule has 0 aliphatic carbocycles. The van der Waals surface area contributed by atoms with Crippen molar-refractivity contribution >= 4 is 27.4 Å². The number of anilines is 1. The van der Waals surface area contributed by atoms with Crippen LogP contribution in [0, 0.1) is 0 Å². The molecule has 2 heterocycles. The minimum absolute atomic E-state index is 0.726. The zero-order valence-electron chi connectivity index (χ0n) is 11.1. The van der Waals surface area contributed by atoms with Crippen molar-refractivity contribution in [2.75, 3.05) is 31.7 Å². The molecular formula is C13H19N3OS. The van der Waals surface area contributed by atoms with E-state index < -0.39 is 0 Å². The van der Waals surface area contributed by atoms with E-state index in [1.807, 2.05) is 6.92 Å². The summed E-state index contributed by atoms with van der Waals surface area (Å²) in [6.07, 6.45) is 0.861. The monoisotopic (exact) mass is 265 g/mol. The summed E-state index contributed by atoms with van der Waals surface area (Å²) >= 11 is 1.67. The van der Waals surface area contributed by atoms with Gasteiger partial charge in [-0.05, 0) is 18.4 Å². The van der Waals surface area contributed by atoms with Crippen LogP contribution in [-0.4, -0.2) is 36.8 Å². The lowest BCUT2D eigenvalue weighted by atomic mass is 10.3. The van der Waals surface area contributed by atoms with Gasteiger partial charge in [0.05, 0.1) is 12.0 Å². The van der Waals surface area contributed by atoms with Gasteiger partial charge in [-0.15, -0.1) is 11.3 Å². The molecule has 0 spiro atoms. The van der Waals surface area contributed by atoms with E-state index in [-0.39, 0.29) is 0 Å². The number of ether oxygens (including phenoxy) is 1. The van der Waals surface area contributed by atoms with E-state index in [0.717, 1.165) is 48.0 Å². The molecule has 4 nitrogen and oxygen atoms in total. The number of thiophene rings is 1. The molecule has 0 amide bonds. The first-order valence-corrected chi connectivity index (χ1v) is 7.17. The fourth-order valence-electron chi connectivity index (χ4n) is 1.78. The van der Waals surface area contributed by atoms with E-state index in [2.05, 4.69) is 40.3 Å². The fourth-order valence-corrected chi connectivity index (χ4v) is 2.56. The Bertz CT molecular complexity index is 512. The molecule has 2 aromatic heterocycles. The molecule has 0 saturated heterocycles. The summed E-state index contributed by atoms with van der Waals surface area (Å²) in [5.74, 6) is 1.92. The highest BCUT2D eigenvalue weighted by atomic mass is 32.1. The van der Waals surface area contributed by atoms with Crippen molar-refractivity contribution in [2.45, 2.75) is 20.3 Å². The first-order chi connectivity index (χ1) is 8.76. The first-order valence-electron chi connectivity index (χ1n) is 6.29. The van der Waals surface area contributed by atoms with Crippen molar-refractivity contribution in [3.05, 3.63) is 17.3 Å². The van der Waals surface area contributed by atoms with Gasteiger partial charge >= 0.3 is 0 Å². The molecule has 0 fully saturated rings. The van der Waals surface area contributed by atoms with E-state index in [4.69, 9.17) is 4.74 Å². The van der Waals surface area contributed by atoms with Crippen molar-refractivity contribution in [1.29, 1.82) is 0 Å². The normalized spacial score (nSPS) is 11.1. The smallest absolute Gasteiger partial charge is 0.140 e. The van der Waals surface area contributed by atoms with Gasteiger partial charge in [0.2, 0.25) is 0 Å². The van der Waals surface area contributed by atoms with E-state index in [1.54, 1.807) is 11.3 Å². The predicted octanol–water partition coefficient (Wildman–Crippen LogP) is 2.73. The number of aryl methyl sites for hydroxylation is 1. The molecule has 2 rings (SSSR count). The van der Waals surface area contributed by atoms with Gasteiger partial charge in [-0.3, -0.25) is 0 Å². The Kier molecular flexibility index (Phi) is 4.49. The number of rotatable bonds is 6. The molecule has 0 aromatic carbocycles. The zero-order chi connectivity index (χ0) is 13.0. The molecule has 0 N–H and O–H groups in total. The van der Waals surface area contributed by atoms with Crippen molar-refractivity contribution in [2.24, 2.45) is 0 Å². The summed E-state index contributed by atoms with van der Waals surface area (Å²) in [6.45, 7) is 6.42. The van der Waals surface area contributed by atoms with Crippen LogP contribution in [0.1, 0.15) is 19.7 Å². The molecule has 2 aromatic rings. The van der Waals surface area contributed by atoms with Crippen LogP contribution in [0.25, 0.3) is 10.2 Å². The minimum Gasteiger partial charge on any atom is -0.380 e. The summed E-state index contributed by atoms with van der Waals surface area (Å²) < 4.78 is 5.39. The number of aromatic nitrogens is 2. The van der Waals surface area contributed by atoms with Crippen LogP contribution in [0.5, 0.6) is 0 Å². The Morgan fingerprint density at radius 2 is 2.17 bits per heavy atom. The van der Waals surface area contributed by atoms with Gasteiger partial charge in [-0.1, -0.05) is 6.92 Å². The molecule has 0 aliphatic rings. The second kappa shape index (κ2) is 6.11. The third-order valence-electron chi connectivity index (χ3n) is 2.80. The topological polar surface area (TPSA) is 38.2 Å². The Balaban J connectivity index is 2.27. The van der Waals surface area contributed by atoms with Gasteiger partial charge in [0, 0.05) is 26.6 Å².